The van der Waals surface area contributed by atoms with E-state index in [4.69, 9.17) is 0 Å². The molecule has 9 nitrogen and oxygen atoms in total. The minimum atomic E-state index is -0.741. The molecule has 0 saturated carbocycles. The Balaban J connectivity index is 1.11. The van der Waals surface area contributed by atoms with Crippen molar-refractivity contribution in [1.82, 2.24) is 29.9 Å². The highest BCUT2D eigenvalue weighted by atomic mass is 19.1. The molecule has 1 saturated heterocycles. The van der Waals surface area contributed by atoms with Crippen LogP contribution in [0.2, 0.25) is 0 Å². The van der Waals surface area contributed by atoms with Crippen LogP contribution in [0.25, 0.3) is 16.7 Å². The molecule has 5 heterocycles. The van der Waals surface area contributed by atoms with E-state index in [0.29, 0.717) is 24.8 Å². The standard InChI is InChI=1S/C30H26FN7O2/c31-22-17-33-29(38-15-12-34-36-38)27-25(22)21(16-32-27)28(39)30(40)37-13-10-18(11-14-37)24-20-8-4-5-9-23(20)35-26(24)19-6-2-1-3-7-19/h1-9,12,15-18,24,26,32,35H,10-11,13-14H2. The Labute approximate surface area is 229 Å². The van der Waals surface area contributed by atoms with Gasteiger partial charge < -0.3 is 15.2 Å². The molecule has 2 aliphatic heterocycles. The number of carbonyl (C=O) groups is 2. The van der Waals surface area contributed by atoms with E-state index in [1.807, 2.05) is 12.1 Å². The van der Waals surface area contributed by atoms with E-state index in [1.165, 1.54) is 28.2 Å². The number of carbonyl (C=O) groups excluding carboxylic acids is 2. The number of nitrogens with zero attached hydrogens (tertiary/aromatic N) is 5. The molecule has 200 valence electrons. The molecule has 10 heteroatoms. The highest BCUT2D eigenvalue weighted by Gasteiger charge is 2.40. The maximum atomic E-state index is 14.9. The Morgan fingerprint density at radius 3 is 2.55 bits per heavy atom. The van der Waals surface area contributed by atoms with Gasteiger partial charge in [0.25, 0.3) is 11.7 Å². The number of anilines is 1. The first kappa shape index (κ1) is 24.2. The second-order valence-electron chi connectivity index (χ2n) is 10.3. The van der Waals surface area contributed by atoms with Crippen molar-refractivity contribution in [3.05, 3.63) is 102 Å². The number of piperidine rings is 1. The summed E-state index contributed by atoms with van der Waals surface area (Å²) in [6.07, 6.45) is 6.97. The summed E-state index contributed by atoms with van der Waals surface area (Å²) in [6, 6.07) is 19.0. The third kappa shape index (κ3) is 3.95. The van der Waals surface area contributed by atoms with Gasteiger partial charge in [-0.15, -0.1) is 5.10 Å². The van der Waals surface area contributed by atoms with Crippen LogP contribution in [-0.2, 0) is 4.79 Å². The van der Waals surface area contributed by atoms with Crippen molar-refractivity contribution in [3.63, 3.8) is 0 Å². The summed E-state index contributed by atoms with van der Waals surface area (Å²) in [4.78, 5) is 35.3. The largest absolute Gasteiger partial charge is 0.377 e. The van der Waals surface area contributed by atoms with E-state index >= 15 is 0 Å². The fraction of sp³-hybridized carbons (Fsp3) is 0.233. The zero-order chi connectivity index (χ0) is 27.2. The van der Waals surface area contributed by atoms with Crippen LogP contribution < -0.4 is 5.32 Å². The van der Waals surface area contributed by atoms with E-state index in [2.05, 4.69) is 68.1 Å². The summed E-state index contributed by atoms with van der Waals surface area (Å²) in [5.74, 6) is -1.16. The van der Waals surface area contributed by atoms with Crippen molar-refractivity contribution in [2.45, 2.75) is 24.8 Å². The summed E-state index contributed by atoms with van der Waals surface area (Å²) in [5, 5.41) is 11.4. The molecule has 40 heavy (non-hydrogen) atoms. The van der Waals surface area contributed by atoms with Crippen LogP contribution in [0.5, 0.6) is 0 Å². The van der Waals surface area contributed by atoms with Crippen LogP contribution in [0.3, 0.4) is 0 Å². The van der Waals surface area contributed by atoms with Gasteiger partial charge in [0.2, 0.25) is 0 Å². The van der Waals surface area contributed by atoms with Crippen LogP contribution in [0, 0.1) is 11.7 Å². The normalized spacial score (nSPS) is 19.0. The SMILES string of the molecule is O=C(C(=O)N1CCC(C2c3ccccc3NC2c2ccccc2)CC1)c1c[nH]c2c(-n3ccnn3)ncc(F)c12. The van der Waals surface area contributed by atoms with Crippen LogP contribution in [0.15, 0.2) is 79.4 Å². The monoisotopic (exact) mass is 535 g/mol. The second-order valence-corrected chi connectivity index (χ2v) is 10.3. The molecular weight excluding hydrogens is 509 g/mol. The maximum absolute atomic E-state index is 14.9. The minimum Gasteiger partial charge on any atom is -0.377 e. The number of ketones is 1. The number of para-hydroxylation sites is 1. The van der Waals surface area contributed by atoms with E-state index in [0.717, 1.165) is 24.7 Å². The summed E-state index contributed by atoms with van der Waals surface area (Å²) in [7, 11) is 0. The van der Waals surface area contributed by atoms with E-state index in [1.54, 1.807) is 11.1 Å². The molecule has 0 bridgehead atoms. The molecule has 1 amide bonds. The average molecular weight is 536 g/mol. The Hall–Kier alpha value is -4.86. The zero-order valence-electron chi connectivity index (χ0n) is 21.5. The molecule has 0 spiro atoms. The summed E-state index contributed by atoms with van der Waals surface area (Å²) >= 11 is 0. The lowest BCUT2D eigenvalue weighted by molar-refractivity contribution is -0.127. The second kappa shape index (κ2) is 9.71. The fourth-order valence-electron chi connectivity index (χ4n) is 6.32. The number of aromatic nitrogens is 5. The van der Waals surface area contributed by atoms with E-state index in [9.17, 15) is 14.0 Å². The molecule has 2 aliphatic rings. The summed E-state index contributed by atoms with van der Waals surface area (Å²) in [5.41, 5.74) is 3.94. The van der Waals surface area contributed by atoms with Crippen LogP contribution in [0.1, 0.15) is 46.3 Å². The molecule has 0 aliphatic carbocycles. The van der Waals surface area contributed by atoms with Gasteiger partial charge in [-0.05, 0) is 36.0 Å². The van der Waals surface area contributed by atoms with Crippen molar-refractivity contribution < 1.29 is 14.0 Å². The van der Waals surface area contributed by atoms with Crippen molar-refractivity contribution >= 4 is 28.3 Å². The quantitative estimate of drug-likeness (QED) is 0.250. The summed E-state index contributed by atoms with van der Waals surface area (Å²) in [6.45, 7) is 0.929. The molecule has 2 N–H and O–H groups in total. The lowest BCUT2D eigenvalue weighted by Crippen LogP contribution is -2.43. The van der Waals surface area contributed by atoms with E-state index < -0.39 is 17.5 Å². The van der Waals surface area contributed by atoms with Crippen molar-refractivity contribution in [2.75, 3.05) is 18.4 Å². The number of fused-ring (bicyclic) bond motifs is 2. The molecule has 2 atom stereocenters. The van der Waals surface area contributed by atoms with Gasteiger partial charge in [0.15, 0.2) is 11.6 Å². The Kier molecular flexibility index (Phi) is 5.87. The number of hydrogen-bond acceptors (Lipinski definition) is 6. The Bertz CT molecular complexity index is 1710. The predicted octanol–water partition coefficient (Wildman–Crippen LogP) is 4.65. The third-order valence-corrected chi connectivity index (χ3v) is 8.20. The molecule has 2 unspecified atom stereocenters. The highest BCUT2D eigenvalue weighted by molar-refractivity contribution is 6.45. The number of likely N-dealkylation sites (tertiary alicyclic amines) is 1. The van der Waals surface area contributed by atoms with Crippen LogP contribution >= 0.6 is 0 Å². The number of Topliss-reactive ketones (excluding diaryl/α,β-unsaturated/α-hetero) is 1. The predicted molar refractivity (Wildman–Crippen MR) is 147 cm³/mol. The summed E-state index contributed by atoms with van der Waals surface area (Å²) < 4.78 is 16.3. The number of H-pyrrole nitrogens is 1. The van der Waals surface area contributed by atoms with Crippen molar-refractivity contribution in [1.29, 1.82) is 0 Å². The molecular formula is C30H26FN7O2. The minimum absolute atomic E-state index is 0.0125. The number of rotatable bonds is 5. The number of hydrogen-bond donors (Lipinski definition) is 2. The lowest BCUT2D eigenvalue weighted by Gasteiger charge is -2.37. The molecule has 2 aromatic carbocycles. The third-order valence-electron chi connectivity index (χ3n) is 8.20. The smallest absolute Gasteiger partial charge is 0.295 e. The molecule has 0 radical (unpaired) electrons. The van der Waals surface area contributed by atoms with Crippen molar-refractivity contribution in [3.8, 4) is 5.82 Å². The van der Waals surface area contributed by atoms with Gasteiger partial charge in [-0.1, -0.05) is 53.7 Å². The fourth-order valence-corrected chi connectivity index (χ4v) is 6.32. The van der Waals surface area contributed by atoms with Crippen LogP contribution in [-0.4, -0.2) is 54.6 Å². The van der Waals surface area contributed by atoms with E-state index in [-0.39, 0.29) is 28.4 Å². The van der Waals surface area contributed by atoms with Gasteiger partial charge in [-0.2, -0.15) is 0 Å². The molecule has 3 aromatic heterocycles. The number of aromatic amines is 1. The van der Waals surface area contributed by atoms with Gasteiger partial charge in [0, 0.05) is 30.9 Å². The number of pyridine rings is 1. The molecule has 7 rings (SSSR count). The van der Waals surface area contributed by atoms with Gasteiger partial charge in [-0.25, -0.2) is 14.1 Å². The number of halogens is 1. The first-order chi connectivity index (χ1) is 19.6. The lowest BCUT2D eigenvalue weighted by atomic mass is 9.76. The van der Waals surface area contributed by atoms with Crippen LogP contribution in [0.4, 0.5) is 10.1 Å². The zero-order valence-corrected chi connectivity index (χ0v) is 21.5. The number of nitrogens with one attached hydrogen (secondary N) is 2. The number of amides is 1. The topological polar surface area (TPSA) is 109 Å². The van der Waals surface area contributed by atoms with Gasteiger partial charge in [0.1, 0.15) is 0 Å². The number of benzene rings is 2. The molecule has 5 aromatic rings. The Morgan fingerprint density at radius 2 is 1.77 bits per heavy atom. The van der Waals surface area contributed by atoms with Crippen molar-refractivity contribution in [2.24, 2.45) is 5.92 Å². The van der Waals surface area contributed by atoms with Gasteiger partial charge in [0.05, 0.1) is 41.1 Å². The van der Waals surface area contributed by atoms with Gasteiger partial charge in [-0.3, -0.25) is 9.59 Å². The first-order valence-corrected chi connectivity index (χ1v) is 13.4. The average Bonchev–Trinajstić information content (AvgIpc) is 3.77. The highest BCUT2D eigenvalue weighted by Crippen LogP contribution is 2.50. The Morgan fingerprint density at radius 1 is 1.00 bits per heavy atom. The van der Waals surface area contributed by atoms with Gasteiger partial charge >= 0.3 is 0 Å². The first-order valence-electron chi connectivity index (χ1n) is 13.4. The maximum Gasteiger partial charge on any atom is 0.295 e. The molecule has 1 fully saturated rings.